The zero-order chi connectivity index (χ0) is 4.50. The van der Waals surface area contributed by atoms with E-state index in [0.29, 0.717) is 0 Å². The molecule has 56 valence electrons. The summed E-state index contributed by atoms with van der Waals surface area (Å²) in [5, 5.41) is 0. The first kappa shape index (κ1) is 36.2. The standard InChI is InChI=1S/ClH.HI.2K.Mg.H3O4P.4H/c;;;;;1-5(2,3)4;;;;/h2*1H;;;;(H3,1,2,3,4);;;;/q;;2*+1;+2;;4*-1. The third-order valence-electron chi connectivity index (χ3n) is 0. The van der Waals surface area contributed by atoms with Crippen molar-refractivity contribution in [1.29, 1.82) is 0 Å². The second-order valence-corrected chi connectivity index (χ2v) is 1.54. The van der Waals surface area contributed by atoms with Gasteiger partial charge in [0.25, 0.3) is 0 Å². The fraction of sp³-hybridized carbons (Fsp3) is 0. The van der Waals surface area contributed by atoms with Crippen LogP contribution in [0.25, 0.3) is 0 Å². The third kappa shape index (κ3) is 73.0. The monoisotopic (exact) mass is 368 g/mol. The average molecular weight is 369 g/mol. The van der Waals surface area contributed by atoms with Gasteiger partial charge in [0.15, 0.2) is 0 Å². The van der Waals surface area contributed by atoms with Crippen molar-refractivity contribution >= 4 is 67.3 Å². The summed E-state index contributed by atoms with van der Waals surface area (Å²) < 4.78 is 8.88. The van der Waals surface area contributed by atoms with E-state index in [9.17, 15) is 0 Å². The quantitative estimate of drug-likeness (QED) is 0.226. The Hall–Kier alpha value is 5.17. The third-order valence-corrected chi connectivity index (χ3v) is 0. The topological polar surface area (TPSA) is 77.8 Å². The van der Waals surface area contributed by atoms with Crippen LogP contribution < -0.4 is 103 Å². The molecule has 3 N–H and O–H groups in total. The van der Waals surface area contributed by atoms with Gasteiger partial charge in [-0.05, 0) is 0 Å². The van der Waals surface area contributed by atoms with Crippen molar-refractivity contribution in [3.8, 4) is 0 Å². The Bertz CT molecular complexity index is 81.5. The zero-order valence-electron chi connectivity index (χ0n) is 9.72. The summed E-state index contributed by atoms with van der Waals surface area (Å²) in [5.74, 6) is 0. The summed E-state index contributed by atoms with van der Waals surface area (Å²) in [6.45, 7) is 0. The molecule has 0 saturated heterocycles. The van der Waals surface area contributed by atoms with E-state index in [1.54, 1.807) is 0 Å². The maximum atomic E-state index is 8.88. The van der Waals surface area contributed by atoms with E-state index in [0.717, 1.165) is 0 Å². The second-order valence-electron chi connectivity index (χ2n) is 0.513. The summed E-state index contributed by atoms with van der Waals surface area (Å²) >= 11 is 0. The summed E-state index contributed by atoms with van der Waals surface area (Å²) in [4.78, 5) is 21.6. The fourth-order valence-electron chi connectivity index (χ4n) is 0. The Morgan fingerprint density at radius 3 is 1.10 bits per heavy atom. The molecule has 0 aromatic carbocycles. The molecular weight excluding hydrogens is 360 g/mol. The van der Waals surface area contributed by atoms with Crippen LogP contribution in [0, 0.1) is 0 Å². The van der Waals surface area contributed by atoms with Gasteiger partial charge in [0, 0.05) is 0 Å². The average Bonchev–Trinajstić information content (AvgIpc) is 0.722. The van der Waals surface area contributed by atoms with Crippen molar-refractivity contribution in [3.05, 3.63) is 0 Å². The summed E-state index contributed by atoms with van der Waals surface area (Å²) in [7, 11) is -4.64. The van der Waals surface area contributed by atoms with Crippen LogP contribution in [0.5, 0.6) is 0 Å². The zero-order valence-corrected chi connectivity index (χ0v) is 17.4. The maximum Gasteiger partial charge on any atom is 2.00 e. The van der Waals surface area contributed by atoms with Crippen molar-refractivity contribution in [2.75, 3.05) is 0 Å². The minimum atomic E-state index is -4.64. The van der Waals surface area contributed by atoms with Crippen LogP contribution in [0.3, 0.4) is 0 Å². The molecule has 0 aliphatic heterocycles. The first-order valence-electron chi connectivity index (χ1n) is 0.783. The maximum absolute atomic E-state index is 8.88. The first-order chi connectivity index (χ1) is 2.00. The minimum absolute atomic E-state index is 0. The van der Waals surface area contributed by atoms with E-state index in [4.69, 9.17) is 19.2 Å². The Morgan fingerprint density at radius 1 is 1.10 bits per heavy atom. The SMILES string of the molecule is Cl.I.O=P(O)(O)O.[H-].[H-].[H-].[H-].[K+].[K+].[Mg+2]. The molecule has 0 heterocycles. The van der Waals surface area contributed by atoms with Crippen molar-refractivity contribution in [3.63, 3.8) is 0 Å². The van der Waals surface area contributed by atoms with E-state index in [-0.39, 0.29) is 168 Å². The van der Waals surface area contributed by atoms with Crippen molar-refractivity contribution in [2.45, 2.75) is 0 Å². The Labute approximate surface area is 190 Å². The number of halogens is 2. The number of hydrogen-bond donors (Lipinski definition) is 3. The van der Waals surface area contributed by atoms with Gasteiger partial charge in [-0.3, -0.25) is 0 Å². The van der Waals surface area contributed by atoms with Crippen LogP contribution in [0.15, 0.2) is 0 Å². The van der Waals surface area contributed by atoms with Crippen LogP contribution in [-0.2, 0) is 4.57 Å². The second kappa shape index (κ2) is 19.7. The summed E-state index contributed by atoms with van der Waals surface area (Å²) in [5.41, 5.74) is 0. The van der Waals surface area contributed by atoms with Crippen LogP contribution >= 0.6 is 44.2 Å². The number of phosphoric acid groups is 1. The van der Waals surface area contributed by atoms with E-state index in [1.807, 2.05) is 0 Å². The van der Waals surface area contributed by atoms with E-state index >= 15 is 0 Å². The van der Waals surface area contributed by atoms with Gasteiger partial charge in [-0.15, -0.1) is 36.4 Å². The first-order valence-corrected chi connectivity index (χ1v) is 2.35. The smallest absolute Gasteiger partial charge is 1.00 e. The molecule has 0 aliphatic rings. The van der Waals surface area contributed by atoms with Crippen molar-refractivity contribution in [1.82, 2.24) is 0 Å². The van der Waals surface area contributed by atoms with E-state index in [1.165, 1.54) is 0 Å². The van der Waals surface area contributed by atoms with Crippen LogP contribution in [0.4, 0.5) is 0 Å². The van der Waals surface area contributed by atoms with Gasteiger partial charge in [-0.1, -0.05) is 0 Å². The molecule has 10 heavy (non-hydrogen) atoms. The molecule has 0 aromatic rings. The Balaban J connectivity index is -0.00000000222. The molecule has 0 rings (SSSR count). The molecular formula is H9ClIK2MgO4P. The molecule has 0 spiro atoms. The van der Waals surface area contributed by atoms with E-state index in [2.05, 4.69) is 0 Å². The molecule has 0 bridgehead atoms. The fourth-order valence-corrected chi connectivity index (χ4v) is 0. The van der Waals surface area contributed by atoms with Crippen LogP contribution in [0.1, 0.15) is 5.71 Å². The minimum Gasteiger partial charge on any atom is -1.00 e. The van der Waals surface area contributed by atoms with Gasteiger partial charge >= 0.3 is 134 Å². The predicted octanol–water partition coefficient (Wildman–Crippen LogP) is -5.81. The van der Waals surface area contributed by atoms with Gasteiger partial charge in [-0.25, -0.2) is 4.57 Å². The molecule has 0 atom stereocenters. The molecule has 0 unspecified atom stereocenters. The molecule has 0 aliphatic carbocycles. The molecule has 10 heteroatoms. The van der Waals surface area contributed by atoms with Crippen molar-refractivity contribution < 1.29 is 128 Å². The van der Waals surface area contributed by atoms with Gasteiger partial charge in [-0.2, -0.15) is 0 Å². The van der Waals surface area contributed by atoms with Gasteiger partial charge in [0.05, 0.1) is 0 Å². The normalized spacial score (nSPS) is 5.90. The van der Waals surface area contributed by atoms with Gasteiger partial charge < -0.3 is 20.4 Å². The predicted molar refractivity (Wildman–Crippen MR) is 47.1 cm³/mol. The molecule has 0 amide bonds. The molecule has 0 radical (unpaired) electrons. The molecule has 4 nitrogen and oxygen atoms in total. The summed E-state index contributed by atoms with van der Waals surface area (Å²) in [6.07, 6.45) is 0. The number of rotatable bonds is 0. The summed E-state index contributed by atoms with van der Waals surface area (Å²) in [6, 6.07) is 0. The molecule has 0 fully saturated rings. The molecule has 0 aromatic heterocycles. The largest absolute Gasteiger partial charge is 2.00 e. The van der Waals surface area contributed by atoms with Gasteiger partial charge in [0.1, 0.15) is 0 Å². The Morgan fingerprint density at radius 2 is 1.10 bits per heavy atom. The number of hydrogen-bond acceptors (Lipinski definition) is 1. The van der Waals surface area contributed by atoms with Gasteiger partial charge in [0.2, 0.25) is 0 Å². The Kier molecular flexibility index (Phi) is 71.4. The van der Waals surface area contributed by atoms with Crippen LogP contribution in [0.2, 0.25) is 0 Å². The van der Waals surface area contributed by atoms with E-state index < -0.39 is 7.82 Å². The van der Waals surface area contributed by atoms with Crippen molar-refractivity contribution in [2.24, 2.45) is 0 Å². The van der Waals surface area contributed by atoms with Crippen LogP contribution in [-0.4, -0.2) is 37.7 Å². The molecule has 0 saturated carbocycles.